The number of nitrogens with two attached hydrogens (primary N) is 1. The molecule has 2 aromatic heterocycles. The van der Waals surface area contributed by atoms with Gasteiger partial charge >= 0.3 is 0 Å². The van der Waals surface area contributed by atoms with Gasteiger partial charge in [-0.1, -0.05) is 6.92 Å². The van der Waals surface area contributed by atoms with Crippen LogP contribution in [0.4, 0.5) is 0 Å². The first-order chi connectivity index (χ1) is 9.06. The third-order valence-electron chi connectivity index (χ3n) is 2.69. The van der Waals surface area contributed by atoms with Gasteiger partial charge in [-0.3, -0.25) is 0 Å². The predicted octanol–water partition coefficient (Wildman–Crippen LogP) is 1.36. The summed E-state index contributed by atoms with van der Waals surface area (Å²) in [6, 6.07) is 1.24. The van der Waals surface area contributed by atoms with Crippen LogP contribution in [-0.2, 0) is 16.6 Å². The molecule has 0 spiro atoms. The number of thiophene rings is 1. The Balaban J connectivity index is 2.20. The highest BCUT2D eigenvalue weighted by Crippen LogP contribution is 2.22. The summed E-state index contributed by atoms with van der Waals surface area (Å²) in [5.41, 5.74) is 6.30. The number of aromatic nitrogens is 2. The van der Waals surface area contributed by atoms with E-state index in [9.17, 15) is 8.42 Å². The van der Waals surface area contributed by atoms with Crippen LogP contribution in [0.25, 0.3) is 0 Å². The van der Waals surface area contributed by atoms with Crippen molar-refractivity contribution in [2.45, 2.75) is 30.1 Å². The summed E-state index contributed by atoms with van der Waals surface area (Å²) in [7, 11) is -3.53. The first-order valence-electron chi connectivity index (χ1n) is 5.86. The summed E-state index contributed by atoms with van der Waals surface area (Å²) in [5.74, 6) is 0.613. The van der Waals surface area contributed by atoms with Crippen molar-refractivity contribution in [1.82, 2.24) is 14.7 Å². The lowest BCUT2D eigenvalue weighted by molar-refractivity contribution is 0.541. The summed E-state index contributed by atoms with van der Waals surface area (Å²) in [4.78, 5) is 7.01. The molecule has 1 atom stereocenters. The van der Waals surface area contributed by atoms with Crippen LogP contribution in [0.5, 0.6) is 0 Å². The van der Waals surface area contributed by atoms with Gasteiger partial charge in [0.1, 0.15) is 10.0 Å². The second-order valence-corrected chi connectivity index (χ2v) is 6.89. The van der Waals surface area contributed by atoms with E-state index in [-0.39, 0.29) is 10.3 Å². The third kappa shape index (κ3) is 3.21. The molecule has 19 heavy (non-hydrogen) atoms. The molecule has 8 heteroatoms. The van der Waals surface area contributed by atoms with E-state index in [4.69, 9.17) is 5.73 Å². The highest BCUT2D eigenvalue weighted by atomic mass is 32.2. The fraction of sp³-hybridized carbons (Fsp3) is 0.364. The van der Waals surface area contributed by atoms with Gasteiger partial charge in [-0.25, -0.2) is 13.4 Å². The number of hydrogen-bond donors (Lipinski definition) is 3. The molecule has 6 nitrogen and oxygen atoms in total. The maximum Gasteiger partial charge on any atom is 0.250 e. The lowest BCUT2D eigenvalue weighted by atomic mass is 10.2. The van der Waals surface area contributed by atoms with Crippen molar-refractivity contribution in [3.05, 3.63) is 35.2 Å². The zero-order valence-electron chi connectivity index (χ0n) is 10.5. The first-order valence-corrected chi connectivity index (χ1v) is 8.22. The van der Waals surface area contributed by atoms with E-state index in [1.54, 1.807) is 23.8 Å². The summed E-state index contributed by atoms with van der Waals surface area (Å²) in [6.07, 6.45) is 3.88. The Hall–Kier alpha value is -1.22. The number of rotatable bonds is 6. The van der Waals surface area contributed by atoms with Gasteiger partial charge in [0.2, 0.25) is 0 Å². The molecule has 4 N–H and O–H groups in total. The Morgan fingerprint density at radius 1 is 1.58 bits per heavy atom. The fourth-order valence-electron chi connectivity index (χ4n) is 1.65. The summed E-state index contributed by atoms with van der Waals surface area (Å²) < 4.78 is 27.4. The van der Waals surface area contributed by atoms with E-state index >= 15 is 0 Å². The molecule has 0 aliphatic heterocycles. The molecular formula is C11H16N4O2S2. The van der Waals surface area contributed by atoms with Gasteiger partial charge in [0, 0.05) is 18.9 Å². The molecule has 0 saturated heterocycles. The van der Waals surface area contributed by atoms with Crippen molar-refractivity contribution in [2.75, 3.05) is 0 Å². The van der Waals surface area contributed by atoms with E-state index < -0.39 is 10.0 Å². The van der Waals surface area contributed by atoms with Gasteiger partial charge in [0.25, 0.3) is 10.0 Å². The molecule has 0 bridgehead atoms. The van der Waals surface area contributed by atoms with Crippen LogP contribution in [0, 0.1) is 0 Å². The molecule has 0 fully saturated rings. The number of aromatic amines is 1. The van der Waals surface area contributed by atoms with Crippen molar-refractivity contribution in [3.63, 3.8) is 0 Å². The van der Waals surface area contributed by atoms with Gasteiger partial charge in [-0.05, 0) is 23.4 Å². The molecule has 2 rings (SSSR count). The Bertz CT molecular complexity index is 619. The predicted molar refractivity (Wildman–Crippen MR) is 74.2 cm³/mol. The van der Waals surface area contributed by atoms with Crippen molar-refractivity contribution in [1.29, 1.82) is 0 Å². The number of sulfonamides is 1. The maximum absolute atomic E-state index is 12.2. The highest BCUT2D eigenvalue weighted by Gasteiger charge is 2.23. The fourth-order valence-corrected chi connectivity index (χ4v) is 4.17. The zero-order valence-corrected chi connectivity index (χ0v) is 12.1. The molecule has 0 saturated carbocycles. The minimum atomic E-state index is -3.53. The lowest BCUT2D eigenvalue weighted by Gasteiger charge is -2.13. The van der Waals surface area contributed by atoms with E-state index in [0.717, 1.165) is 5.56 Å². The normalized spacial score (nSPS) is 13.6. The zero-order chi connectivity index (χ0) is 13.9. The van der Waals surface area contributed by atoms with Crippen LogP contribution >= 0.6 is 11.3 Å². The minimum absolute atomic E-state index is 0.276. The van der Waals surface area contributed by atoms with Crippen LogP contribution in [0.3, 0.4) is 0 Å². The minimum Gasteiger partial charge on any atom is -0.347 e. The summed E-state index contributed by atoms with van der Waals surface area (Å²) >= 11 is 1.17. The Morgan fingerprint density at radius 3 is 2.89 bits per heavy atom. The van der Waals surface area contributed by atoms with Crippen molar-refractivity contribution < 1.29 is 8.42 Å². The van der Waals surface area contributed by atoms with Crippen LogP contribution in [0.1, 0.15) is 30.8 Å². The van der Waals surface area contributed by atoms with Crippen LogP contribution in [0.2, 0.25) is 0 Å². The Labute approximate surface area is 116 Å². The van der Waals surface area contributed by atoms with Crippen LogP contribution < -0.4 is 10.5 Å². The van der Waals surface area contributed by atoms with Gasteiger partial charge in [0.15, 0.2) is 0 Å². The van der Waals surface area contributed by atoms with Gasteiger partial charge < -0.3 is 10.7 Å². The van der Waals surface area contributed by atoms with E-state index in [0.29, 0.717) is 18.8 Å². The van der Waals surface area contributed by atoms with Crippen LogP contribution in [0.15, 0.2) is 28.0 Å². The van der Waals surface area contributed by atoms with E-state index in [1.165, 1.54) is 11.3 Å². The lowest BCUT2D eigenvalue weighted by Crippen LogP contribution is -2.28. The highest BCUT2D eigenvalue weighted by molar-refractivity contribution is 7.91. The molecule has 2 aromatic rings. The first kappa shape index (κ1) is 14.2. The number of nitrogens with zero attached hydrogens (tertiary/aromatic N) is 1. The van der Waals surface area contributed by atoms with Crippen molar-refractivity contribution in [2.24, 2.45) is 5.73 Å². The molecule has 2 heterocycles. The average Bonchev–Trinajstić information content (AvgIpc) is 3.06. The second-order valence-electron chi connectivity index (χ2n) is 4.03. The second kappa shape index (κ2) is 5.83. The Kier molecular flexibility index (Phi) is 4.35. The number of H-pyrrole nitrogens is 1. The molecule has 0 aromatic carbocycles. The standard InChI is InChI=1S/C11H16N4O2S2/c1-2-9(11-13-3-4-14-11)15-19(16,17)10-5-8(6-12)7-18-10/h3-5,7,9,15H,2,6,12H2,1H3,(H,13,14). The molecule has 0 aliphatic carbocycles. The van der Waals surface area contributed by atoms with E-state index in [1.807, 2.05) is 6.92 Å². The third-order valence-corrected chi connectivity index (χ3v) is 5.65. The monoisotopic (exact) mass is 300 g/mol. The molecule has 0 amide bonds. The quantitative estimate of drug-likeness (QED) is 0.749. The smallest absolute Gasteiger partial charge is 0.250 e. The maximum atomic E-state index is 12.2. The van der Waals surface area contributed by atoms with Gasteiger partial charge in [-0.2, -0.15) is 4.72 Å². The number of imidazole rings is 1. The van der Waals surface area contributed by atoms with Gasteiger partial charge in [-0.15, -0.1) is 11.3 Å². The molecule has 1 unspecified atom stereocenters. The topological polar surface area (TPSA) is 101 Å². The largest absolute Gasteiger partial charge is 0.347 e. The molecule has 0 aliphatic rings. The SMILES string of the molecule is CCC(NS(=O)(=O)c1cc(CN)cs1)c1ncc[nH]1. The summed E-state index contributed by atoms with van der Waals surface area (Å²) in [5, 5.41) is 1.75. The van der Waals surface area contributed by atoms with E-state index in [2.05, 4.69) is 14.7 Å². The van der Waals surface area contributed by atoms with Crippen LogP contribution in [-0.4, -0.2) is 18.4 Å². The Morgan fingerprint density at radius 2 is 2.37 bits per heavy atom. The van der Waals surface area contributed by atoms with Crippen molar-refractivity contribution in [3.8, 4) is 0 Å². The van der Waals surface area contributed by atoms with Crippen molar-refractivity contribution >= 4 is 21.4 Å². The molecular weight excluding hydrogens is 284 g/mol. The number of hydrogen-bond acceptors (Lipinski definition) is 5. The average molecular weight is 300 g/mol. The van der Waals surface area contributed by atoms with Gasteiger partial charge in [0.05, 0.1) is 6.04 Å². The molecule has 0 radical (unpaired) electrons. The summed E-state index contributed by atoms with van der Waals surface area (Å²) in [6.45, 7) is 2.23. The molecule has 104 valence electrons. The number of nitrogens with one attached hydrogen (secondary N) is 2.